The molecule has 0 saturated carbocycles. The number of aromatic nitrogens is 1. The molecule has 1 saturated heterocycles. The van der Waals surface area contributed by atoms with Crippen molar-refractivity contribution in [1.29, 1.82) is 0 Å². The number of fused-ring (bicyclic) bond motifs is 1. The summed E-state index contributed by atoms with van der Waals surface area (Å²) in [5, 5.41) is 4.53. The van der Waals surface area contributed by atoms with Crippen molar-refractivity contribution in [2.24, 2.45) is 0 Å². The lowest BCUT2D eigenvalue weighted by atomic mass is 10.1. The summed E-state index contributed by atoms with van der Waals surface area (Å²) in [5.41, 5.74) is 10.0. The van der Waals surface area contributed by atoms with E-state index in [1.54, 1.807) is 0 Å². The van der Waals surface area contributed by atoms with Gasteiger partial charge < -0.3 is 16.0 Å². The Kier molecular flexibility index (Phi) is 2.80. The molecule has 0 bridgehead atoms. The number of nitrogen functional groups attached to an aromatic ring is 1. The minimum atomic E-state index is 0.796. The molecule has 0 unspecified atom stereocenters. The molecule has 2 heterocycles. The van der Waals surface area contributed by atoms with Crippen LogP contribution < -0.4 is 16.0 Å². The highest BCUT2D eigenvalue weighted by molar-refractivity contribution is 5.94. The van der Waals surface area contributed by atoms with Crippen LogP contribution in [0.1, 0.15) is 5.69 Å². The number of benzene rings is 1. The zero-order valence-electron chi connectivity index (χ0n) is 10.6. The molecule has 0 aliphatic carbocycles. The molecule has 0 spiro atoms. The monoisotopic (exact) mass is 242 g/mol. The summed E-state index contributed by atoms with van der Waals surface area (Å²) in [6, 6.07) is 8.10. The Labute approximate surface area is 107 Å². The molecule has 94 valence electrons. The highest BCUT2D eigenvalue weighted by atomic mass is 15.2. The molecule has 1 aliphatic rings. The van der Waals surface area contributed by atoms with E-state index >= 15 is 0 Å². The van der Waals surface area contributed by atoms with Crippen molar-refractivity contribution in [2.75, 3.05) is 36.8 Å². The first-order valence-corrected chi connectivity index (χ1v) is 6.36. The third kappa shape index (κ3) is 1.99. The number of nitrogens with two attached hydrogens (primary N) is 1. The van der Waals surface area contributed by atoms with Gasteiger partial charge >= 0.3 is 0 Å². The molecule has 1 aromatic heterocycles. The van der Waals surface area contributed by atoms with Crippen molar-refractivity contribution in [3.05, 3.63) is 30.0 Å². The summed E-state index contributed by atoms with van der Waals surface area (Å²) in [6.07, 6.45) is 0. The van der Waals surface area contributed by atoms with E-state index in [1.165, 1.54) is 5.69 Å². The van der Waals surface area contributed by atoms with Crippen molar-refractivity contribution in [3.8, 4) is 0 Å². The maximum absolute atomic E-state index is 5.90. The Morgan fingerprint density at radius 3 is 2.78 bits per heavy atom. The highest BCUT2D eigenvalue weighted by Gasteiger charge is 2.14. The molecule has 3 rings (SSSR count). The van der Waals surface area contributed by atoms with E-state index in [0.717, 1.165) is 48.5 Å². The summed E-state index contributed by atoms with van der Waals surface area (Å²) < 4.78 is 0. The number of aryl methyl sites for hydroxylation is 1. The van der Waals surface area contributed by atoms with Gasteiger partial charge in [-0.3, -0.25) is 4.98 Å². The van der Waals surface area contributed by atoms with Gasteiger partial charge in [0.25, 0.3) is 0 Å². The summed E-state index contributed by atoms with van der Waals surface area (Å²) >= 11 is 0. The van der Waals surface area contributed by atoms with Crippen LogP contribution >= 0.6 is 0 Å². The minimum absolute atomic E-state index is 0.796. The summed E-state index contributed by atoms with van der Waals surface area (Å²) in [4.78, 5) is 6.98. The van der Waals surface area contributed by atoms with Crippen molar-refractivity contribution in [2.45, 2.75) is 6.92 Å². The summed E-state index contributed by atoms with van der Waals surface area (Å²) in [7, 11) is 0. The molecule has 1 aromatic carbocycles. The first kappa shape index (κ1) is 11.3. The number of hydrogen-bond acceptors (Lipinski definition) is 4. The van der Waals surface area contributed by atoms with Gasteiger partial charge in [0.05, 0.1) is 5.52 Å². The predicted molar refractivity (Wildman–Crippen MR) is 76.0 cm³/mol. The zero-order chi connectivity index (χ0) is 12.5. The normalized spacial score (nSPS) is 16.2. The van der Waals surface area contributed by atoms with E-state index in [9.17, 15) is 0 Å². The van der Waals surface area contributed by atoms with Gasteiger partial charge in [0.15, 0.2) is 0 Å². The largest absolute Gasteiger partial charge is 0.399 e. The van der Waals surface area contributed by atoms with E-state index in [1.807, 2.05) is 25.1 Å². The average molecular weight is 242 g/mol. The van der Waals surface area contributed by atoms with E-state index in [2.05, 4.69) is 21.3 Å². The van der Waals surface area contributed by atoms with Gasteiger partial charge in [0.1, 0.15) is 0 Å². The first-order chi connectivity index (χ1) is 8.74. The van der Waals surface area contributed by atoms with Crippen LogP contribution in [0.15, 0.2) is 24.3 Å². The lowest BCUT2D eigenvalue weighted by Gasteiger charge is -2.30. The van der Waals surface area contributed by atoms with Crippen molar-refractivity contribution in [3.63, 3.8) is 0 Å². The second kappa shape index (κ2) is 4.46. The molecular weight excluding hydrogens is 224 g/mol. The lowest BCUT2D eigenvalue weighted by molar-refractivity contribution is 0.590. The molecular formula is C14H18N4. The number of anilines is 2. The fourth-order valence-corrected chi connectivity index (χ4v) is 2.52. The Hall–Kier alpha value is -1.81. The standard InChI is InChI=1S/C14H18N4/c1-10-8-14(18-6-4-16-5-7-18)12-9-11(15)2-3-13(12)17-10/h2-3,8-9,16H,4-7,15H2,1H3. The van der Waals surface area contributed by atoms with Crippen LogP contribution in [0.4, 0.5) is 11.4 Å². The average Bonchev–Trinajstić information content (AvgIpc) is 2.39. The van der Waals surface area contributed by atoms with Crippen LogP contribution in [-0.4, -0.2) is 31.2 Å². The van der Waals surface area contributed by atoms with Gasteiger partial charge in [-0.15, -0.1) is 0 Å². The van der Waals surface area contributed by atoms with Crippen LogP contribution in [0, 0.1) is 6.92 Å². The van der Waals surface area contributed by atoms with Crippen LogP contribution in [0.5, 0.6) is 0 Å². The molecule has 4 nitrogen and oxygen atoms in total. The van der Waals surface area contributed by atoms with E-state index in [0.29, 0.717) is 0 Å². The molecule has 2 aromatic rings. The van der Waals surface area contributed by atoms with E-state index in [4.69, 9.17) is 5.73 Å². The van der Waals surface area contributed by atoms with Gasteiger partial charge in [-0.05, 0) is 31.2 Å². The topological polar surface area (TPSA) is 54.2 Å². The second-order valence-corrected chi connectivity index (χ2v) is 4.80. The predicted octanol–water partition coefficient (Wildman–Crippen LogP) is 1.54. The van der Waals surface area contributed by atoms with Crippen molar-refractivity contribution < 1.29 is 0 Å². The SMILES string of the molecule is Cc1cc(N2CCNCC2)c2cc(N)ccc2n1. The number of nitrogens with zero attached hydrogens (tertiary/aromatic N) is 2. The molecule has 0 radical (unpaired) electrons. The van der Waals surface area contributed by atoms with Gasteiger partial charge in [-0.25, -0.2) is 0 Å². The molecule has 1 fully saturated rings. The van der Waals surface area contributed by atoms with E-state index < -0.39 is 0 Å². The van der Waals surface area contributed by atoms with Crippen molar-refractivity contribution in [1.82, 2.24) is 10.3 Å². The quantitative estimate of drug-likeness (QED) is 0.745. The minimum Gasteiger partial charge on any atom is -0.399 e. The Balaban J connectivity index is 2.16. The van der Waals surface area contributed by atoms with Crippen LogP contribution in [0.2, 0.25) is 0 Å². The first-order valence-electron chi connectivity index (χ1n) is 6.36. The Bertz CT molecular complexity index is 573. The molecule has 18 heavy (non-hydrogen) atoms. The second-order valence-electron chi connectivity index (χ2n) is 4.80. The molecule has 1 aliphatic heterocycles. The summed E-state index contributed by atoms with van der Waals surface area (Å²) in [5.74, 6) is 0. The van der Waals surface area contributed by atoms with Gasteiger partial charge in [-0.1, -0.05) is 0 Å². The number of hydrogen-bond donors (Lipinski definition) is 2. The van der Waals surface area contributed by atoms with Crippen LogP contribution in [0.3, 0.4) is 0 Å². The Morgan fingerprint density at radius 1 is 1.22 bits per heavy atom. The van der Waals surface area contributed by atoms with Crippen LogP contribution in [-0.2, 0) is 0 Å². The Morgan fingerprint density at radius 2 is 2.00 bits per heavy atom. The molecule has 0 atom stereocenters. The van der Waals surface area contributed by atoms with E-state index in [-0.39, 0.29) is 0 Å². The van der Waals surface area contributed by atoms with Crippen LogP contribution in [0.25, 0.3) is 10.9 Å². The summed E-state index contributed by atoms with van der Waals surface area (Å²) in [6.45, 7) is 6.18. The number of pyridine rings is 1. The molecule has 0 amide bonds. The maximum Gasteiger partial charge on any atom is 0.0727 e. The van der Waals surface area contributed by atoms with Crippen molar-refractivity contribution >= 4 is 22.3 Å². The third-order valence-electron chi connectivity index (χ3n) is 3.40. The molecule has 3 N–H and O–H groups in total. The molecule has 4 heteroatoms. The number of piperazine rings is 1. The fourth-order valence-electron chi connectivity index (χ4n) is 2.52. The van der Waals surface area contributed by atoms with Gasteiger partial charge in [0, 0.05) is 48.6 Å². The smallest absolute Gasteiger partial charge is 0.0727 e. The zero-order valence-corrected chi connectivity index (χ0v) is 10.6. The number of nitrogens with one attached hydrogen (secondary N) is 1. The van der Waals surface area contributed by atoms with Gasteiger partial charge in [0.2, 0.25) is 0 Å². The third-order valence-corrected chi connectivity index (χ3v) is 3.40. The van der Waals surface area contributed by atoms with Gasteiger partial charge in [-0.2, -0.15) is 0 Å². The lowest BCUT2D eigenvalue weighted by Crippen LogP contribution is -2.43. The highest BCUT2D eigenvalue weighted by Crippen LogP contribution is 2.28. The maximum atomic E-state index is 5.90. The fraction of sp³-hybridized carbons (Fsp3) is 0.357. The number of rotatable bonds is 1.